The number of amides is 2. The van der Waals surface area contributed by atoms with E-state index in [-0.39, 0.29) is 12.5 Å². The molecule has 1 aliphatic carbocycles. The second kappa shape index (κ2) is 6.51. The van der Waals surface area contributed by atoms with Gasteiger partial charge in [0.2, 0.25) is 11.8 Å². The molecule has 1 rings (SSSR count). The van der Waals surface area contributed by atoms with Gasteiger partial charge in [-0.15, -0.1) is 0 Å². The molecule has 0 heterocycles. The fourth-order valence-corrected chi connectivity index (χ4v) is 2.05. The predicted octanol–water partition coefficient (Wildman–Crippen LogP) is -0.538. The van der Waals surface area contributed by atoms with Crippen LogP contribution in [0, 0.1) is 5.41 Å². The first-order chi connectivity index (χ1) is 8.94. The average molecular weight is 272 g/mol. The summed E-state index contributed by atoms with van der Waals surface area (Å²) in [5, 5.41) is 11.7. The van der Waals surface area contributed by atoms with Gasteiger partial charge in [0.05, 0.1) is 13.2 Å². The van der Waals surface area contributed by atoms with Crippen molar-refractivity contribution in [1.29, 1.82) is 0 Å². The Morgan fingerprint density at radius 3 is 2.42 bits per heavy atom. The number of carbonyl (C=O) groups excluding carboxylic acids is 2. The second-order valence-electron chi connectivity index (χ2n) is 4.74. The molecular formula is C12H20N2O5. The zero-order chi connectivity index (χ0) is 14.5. The number of hydrogen-bond acceptors (Lipinski definition) is 4. The lowest BCUT2D eigenvalue weighted by atomic mass is 9.68. The Labute approximate surface area is 111 Å². The van der Waals surface area contributed by atoms with E-state index in [0.717, 1.165) is 6.42 Å². The molecule has 0 unspecified atom stereocenters. The topological polar surface area (TPSA) is 95.9 Å². The molecule has 1 saturated carbocycles. The summed E-state index contributed by atoms with van der Waals surface area (Å²) in [5.41, 5.74) is -1.32. The highest BCUT2D eigenvalue weighted by atomic mass is 16.5. The van der Waals surface area contributed by atoms with Gasteiger partial charge in [-0.2, -0.15) is 0 Å². The third-order valence-corrected chi connectivity index (χ3v) is 3.38. The molecule has 1 aliphatic rings. The first-order valence-electron chi connectivity index (χ1n) is 6.18. The van der Waals surface area contributed by atoms with E-state index in [1.165, 1.54) is 19.1 Å². The minimum Gasteiger partial charge on any atom is -0.480 e. The van der Waals surface area contributed by atoms with Crippen molar-refractivity contribution in [2.24, 2.45) is 5.41 Å². The van der Waals surface area contributed by atoms with Gasteiger partial charge >= 0.3 is 5.97 Å². The highest BCUT2D eigenvalue weighted by Crippen LogP contribution is 2.42. The molecular weight excluding hydrogens is 252 g/mol. The van der Waals surface area contributed by atoms with Crippen molar-refractivity contribution in [3.05, 3.63) is 0 Å². The lowest BCUT2D eigenvalue weighted by molar-refractivity contribution is -0.167. The molecule has 19 heavy (non-hydrogen) atoms. The number of ether oxygens (including phenoxy) is 1. The summed E-state index contributed by atoms with van der Waals surface area (Å²) in [6.07, 6.45) is 1.42. The van der Waals surface area contributed by atoms with Crippen molar-refractivity contribution in [3.8, 4) is 0 Å². The molecule has 0 aromatic rings. The van der Waals surface area contributed by atoms with Crippen LogP contribution in [0.3, 0.4) is 0 Å². The molecule has 1 fully saturated rings. The van der Waals surface area contributed by atoms with Gasteiger partial charge in [0, 0.05) is 20.7 Å². The van der Waals surface area contributed by atoms with Gasteiger partial charge in [-0.25, -0.2) is 0 Å². The van der Waals surface area contributed by atoms with E-state index in [1.807, 2.05) is 0 Å². The molecule has 7 nitrogen and oxygen atoms in total. The van der Waals surface area contributed by atoms with Gasteiger partial charge in [-0.1, -0.05) is 6.42 Å². The minimum atomic E-state index is -1.32. The Bertz CT molecular complexity index is 365. The summed E-state index contributed by atoms with van der Waals surface area (Å²) in [7, 11) is 2.97. The fourth-order valence-electron chi connectivity index (χ4n) is 2.05. The van der Waals surface area contributed by atoms with Crippen LogP contribution in [0.2, 0.25) is 0 Å². The number of methoxy groups -OCH3 is 1. The molecule has 0 bridgehead atoms. The minimum absolute atomic E-state index is 0.141. The number of rotatable bonds is 7. The highest BCUT2D eigenvalue weighted by Gasteiger charge is 2.52. The summed E-state index contributed by atoms with van der Waals surface area (Å²) >= 11 is 0. The second-order valence-corrected chi connectivity index (χ2v) is 4.74. The number of nitrogens with one attached hydrogen (secondary N) is 1. The van der Waals surface area contributed by atoms with E-state index in [9.17, 15) is 14.4 Å². The van der Waals surface area contributed by atoms with E-state index in [1.54, 1.807) is 0 Å². The van der Waals surface area contributed by atoms with Gasteiger partial charge < -0.3 is 20.1 Å². The van der Waals surface area contributed by atoms with E-state index >= 15 is 0 Å². The maximum Gasteiger partial charge on any atom is 0.319 e. The van der Waals surface area contributed by atoms with Gasteiger partial charge in [-0.05, 0) is 12.8 Å². The molecule has 0 aromatic heterocycles. The number of hydrogen-bond donors (Lipinski definition) is 2. The van der Waals surface area contributed by atoms with Crippen molar-refractivity contribution in [1.82, 2.24) is 10.2 Å². The molecule has 0 aromatic carbocycles. The smallest absolute Gasteiger partial charge is 0.319 e. The molecule has 0 radical (unpaired) electrons. The van der Waals surface area contributed by atoms with Gasteiger partial charge in [0.1, 0.15) is 5.41 Å². The van der Waals surface area contributed by atoms with E-state index in [0.29, 0.717) is 26.0 Å². The number of carbonyl (C=O) groups is 3. The van der Waals surface area contributed by atoms with Crippen LogP contribution in [0.25, 0.3) is 0 Å². The van der Waals surface area contributed by atoms with E-state index in [4.69, 9.17) is 9.84 Å². The summed E-state index contributed by atoms with van der Waals surface area (Å²) in [6.45, 7) is 0.613. The van der Waals surface area contributed by atoms with Crippen molar-refractivity contribution < 1.29 is 24.2 Å². The normalized spacial score (nSPS) is 16.3. The summed E-state index contributed by atoms with van der Waals surface area (Å²) in [5.74, 6) is -1.92. The van der Waals surface area contributed by atoms with Gasteiger partial charge in [0.25, 0.3) is 0 Å². The largest absolute Gasteiger partial charge is 0.480 e. The van der Waals surface area contributed by atoms with E-state index < -0.39 is 17.3 Å². The van der Waals surface area contributed by atoms with Crippen LogP contribution in [-0.4, -0.2) is 61.6 Å². The Morgan fingerprint density at radius 1 is 1.37 bits per heavy atom. The molecule has 0 saturated heterocycles. The number of likely N-dealkylation sites (N-methyl/N-ethyl adjacent to an activating group) is 1. The Morgan fingerprint density at radius 2 is 2.00 bits per heavy atom. The highest BCUT2D eigenvalue weighted by molar-refractivity contribution is 6.03. The maximum atomic E-state index is 12.1. The molecule has 0 atom stereocenters. The SMILES string of the molecule is COCCNC(=O)CN(C)C(=O)C1(C(=O)O)CCC1. The third-order valence-electron chi connectivity index (χ3n) is 3.38. The van der Waals surface area contributed by atoms with Crippen LogP contribution < -0.4 is 5.32 Å². The lowest BCUT2D eigenvalue weighted by Crippen LogP contribution is -2.53. The van der Waals surface area contributed by atoms with Crippen molar-refractivity contribution in [2.45, 2.75) is 19.3 Å². The quantitative estimate of drug-likeness (QED) is 0.479. The van der Waals surface area contributed by atoms with Gasteiger partial charge in [0.15, 0.2) is 0 Å². The van der Waals surface area contributed by atoms with Crippen molar-refractivity contribution in [2.75, 3.05) is 33.9 Å². The molecule has 108 valence electrons. The first-order valence-corrected chi connectivity index (χ1v) is 6.18. The standard InChI is InChI=1S/C12H20N2O5/c1-14(8-9(15)13-6-7-19-2)10(16)12(11(17)18)4-3-5-12/h3-8H2,1-2H3,(H,13,15)(H,17,18). The number of carboxylic acid groups (broad SMARTS) is 1. The van der Waals surface area contributed by atoms with Crippen molar-refractivity contribution >= 4 is 17.8 Å². The Hall–Kier alpha value is -1.63. The zero-order valence-electron chi connectivity index (χ0n) is 11.3. The summed E-state index contributed by atoms with van der Waals surface area (Å²) in [6, 6.07) is 0. The number of nitrogens with zero attached hydrogens (tertiary/aromatic N) is 1. The first kappa shape index (κ1) is 15.4. The molecule has 7 heteroatoms. The molecule has 2 amide bonds. The third kappa shape index (κ3) is 3.44. The predicted molar refractivity (Wildman–Crippen MR) is 66.4 cm³/mol. The lowest BCUT2D eigenvalue weighted by Gasteiger charge is -2.38. The van der Waals surface area contributed by atoms with Crippen LogP contribution in [0.5, 0.6) is 0 Å². The van der Waals surface area contributed by atoms with Crippen LogP contribution in [0.15, 0.2) is 0 Å². The molecule has 2 N–H and O–H groups in total. The van der Waals surface area contributed by atoms with Gasteiger partial charge in [-0.3, -0.25) is 14.4 Å². The number of aliphatic carboxylic acids is 1. The Balaban J connectivity index is 2.48. The van der Waals surface area contributed by atoms with E-state index in [2.05, 4.69) is 5.32 Å². The fraction of sp³-hybridized carbons (Fsp3) is 0.750. The van der Waals surface area contributed by atoms with Crippen LogP contribution in [0.1, 0.15) is 19.3 Å². The Kier molecular flexibility index (Phi) is 5.29. The zero-order valence-corrected chi connectivity index (χ0v) is 11.3. The summed E-state index contributed by atoms with van der Waals surface area (Å²) in [4.78, 5) is 36.0. The average Bonchev–Trinajstić information content (AvgIpc) is 2.26. The van der Waals surface area contributed by atoms with Crippen LogP contribution in [-0.2, 0) is 19.1 Å². The molecule has 0 aliphatic heterocycles. The monoisotopic (exact) mass is 272 g/mol. The molecule has 0 spiro atoms. The van der Waals surface area contributed by atoms with Crippen LogP contribution in [0.4, 0.5) is 0 Å². The van der Waals surface area contributed by atoms with Crippen molar-refractivity contribution in [3.63, 3.8) is 0 Å². The maximum absolute atomic E-state index is 12.1. The summed E-state index contributed by atoms with van der Waals surface area (Å²) < 4.78 is 4.78. The number of carboxylic acids is 1. The van der Waals surface area contributed by atoms with Crippen LogP contribution >= 0.6 is 0 Å².